The van der Waals surface area contributed by atoms with Crippen molar-refractivity contribution in [3.8, 4) is 11.5 Å². The van der Waals surface area contributed by atoms with E-state index >= 15 is 0 Å². The Labute approximate surface area is 147 Å². The van der Waals surface area contributed by atoms with Crippen molar-refractivity contribution >= 4 is 17.9 Å². The van der Waals surface area contributed by atoms with Gasteiger partial charge in [0, 0.05) is 24.2 Å². The maximum Gasteiger partial charge on any atom is 0.187 e. The lowest BCUT2D eigenvalue weighted by molar-refractivity contribution is -0.112. The zero-order valence-corrected chi connectivity index (χ0v) is 14.4. The van der Waals surface area contributed by atoms with Crippen LogP contribution >= 0.6 is 0 Å². The minimum absolute atomic E-state index is 0.0883. The Bertz CT molecular complexity index is 735. The smallest absolute Gasteiger partial charge is 0.187 e. The van der Waals surface area contributed by atoms with Crippen molar-refractivity contribution in [2.75, 3.05) is 27.3 Å². The first-order valence-corrected chi connectivity index (χ1v) is 8.14. The molecule has 1 fully saturated rings. The van der Waals surface area contributed by atoms with E-state index in [1.165, 1.54) is 0 Å². The molecule has 0 atom stereocenters. The number of carbonyl (C=O) groups excluding carboxylic acids is 1. The van der Waals surface area contributed by atoms with E-state index < -0.39 is 0 Å². The minimum Gasteiger partial charge on any atom is -0.497 e. The second kappa shape index (κ2) is 7.81. The molecule has 0 saturated carbocycles. The molecule has 0 radical (unpaired) electrons. The molecule has 128 valence electrons. The number of ketones is 1. The van der Waals surface area contributed by atoms with Crippen molar-refractivity contribution in [1.29, 1.82) is 0 Å². The minimum atomic E-state index is 0.0883. The fourth-order valence-electron chi connectivity index (χ4n) is 2.73. The highest BCUT2D eigenvalue weighted by atomic mass is 16.5. The van der Waals surface area contributed by atoms with Crippen LogP contribution in [0, 0.1) is 0 Å². The van der Waals surface area contributed by atoms with Gasteiger partial charge in [-0.25, -0.2) is 0 Å². The average Bonchev–Trinajstić information content (AvgIpc) is 2.66. The lowest BCUT2D eigenvalue weighted by Crippen LogP contribution is -2.32. The number of piperidine rings is 1. The summed E-state index contributed by atoms with van der Waals surface area (Å²) in [4.78, 5) is 12.8. The molecule has 4 nitrogen and oxygen atoms in total. The van der Waals surface area contributed by atoms with E-state index in [9.17, 15) is 4.79 Å². The number of hydrogen-bond donors (Lipinski definition) is 1. The molecule has 1 saturated heterocycles. The van der Waals surface area contributed by atoms with Crippen LogP contribution in [0.4, 0.5) is 0 Å². The van der Waals surface area contributed by atoms with E-state index in [2.05, 4.69) is 5.32 Å². The van der Waals surface area contributed by atoms with Crippen molar-refractivity contribution in [1.82, 2.24) is 5.32 Å². The fraction of sp³-hybridized carbons (Fsp3) is 0.190. The molecule has 1 aliphatic rings. The molecule has 4 heteroatoms. The lowest BCUT2D eigenvalue weighted by Gasteiger charge is -2.18. The number of benzene rings is 2. The van der Waals surface area contributed by atoms with Crippen LogP contribution < -0.4 is 14.8 Å². The molecular formula is C21H21NO3. The van der Waals surface area contributed by atoms with Crippen LogP contribution in [0.5, 0.6) is 11.5 Å². The highest BCUT2D eigenvalue weighted by Crippen LogP contribution is 2.20. The Morgan fingerprint density at radius 1 is 0.760 bits per heavy atom. The van der Waals surface area contributed by atoms with Gasteiger partial charge in [-0.2, -0.15) is 0 Å². The molecule has 0 amide bonds. The SMILES string of the molecule is COc1ccc(C=C2CNCC(=Cc3ccc(OC)cc3)C2=O)cc1. The molecule has 1 N–H and O–H groups in total. The fourth-order valence-corrected chi connectivity index (χ4v) is 2.73. The predicted octanol–water partition coefficient (Wildman–Crippen LogP) is 3.34. The van der Waals surface area contributed by atoms with Gasteiger partial charge in [0.1, 0.15) is 11.5 Å². The third-order valence-electron chi connectivity index (χ3n) is 4.13. The van der Waals surface area contributed by atoms with Gasteiger partial charge in [-0.3, -0.25) is 4.79 Å². The van der Waals surface area contributed by atoms with Gasteiger partial charge < -0.3 is 14.8 Å². The number of rotatable bonds is 4. The maximum atomic E-state index is 12.8. The van der Waals surface area contributed by atoms with Gasteiger partial charge in [0.05, 0.1) is 14.2 Å². The monoisotopic (exact) mass is 335 g/mol. The van der Waals surface area contributed by atoms with Crippen molar-refractivity contribution < 1.29 is 14.3 Å². The van der Waals surface area contributed by atoms with Crippen LogP contribution in [0.3, 0.4) is 0 Å². The summed E-state index contributed by atoms with van der Waals surface area (Å²) in [5.41, 5.74) is 3.49. The molecule has 0 aromatic heterocycles. The van der Waals surface area contributed by atoms with Crippen molar-refractivity contribution in [3.05, 3.63) is 70.8 Å². The topological polar surface area (TPSA) is 47.6 Å². The molecule has 2 aromatic carbocycles. The number of carbonyl (C=O) groups is 1. The van der Waals surface area contributed by atoms with Crippen LogP contribution in [0.2, 0.25) is 0 Å². The van der Waals surface area contributed by atoms with E-state index in [-0.39, 0.29) is 5.78 Å². The predicted molar refractivity (Wildman–Crippen MR) is 99.8 cm³/mol. The van der Waals surface area contributed by atoms with Gasteiger partial charge in [0.25, 0.3) is 0 Å². The van der Waals surface area contributed by atoms with E-state index in [1.54, 1.807) is 14.2 Å². The number of hydrogen-bond acceptors (Lipinski definition) is 4. The van der Waals surface area contributed by atoms with E-state index in [1.807, 2.05) is 60.7 Å². The van der Waals surface area contributed by atoms with E-state index in [0.29, 0.717) is 13.1 Å². The third kappa shape index (κ3) is 4.17. The molecule has 0 aliphatic carbocycles. The summed E-state index contributed by atoms with van der Waals surface area (Å²) in [5, 5.41) is 3.29. The van der Waals surface area contributed by atoms with Gasteiger partial charge in [0.2, 0.25) is 0 Å². The van der Waals surface area contributed by atoms with Crippen LogP contribution in [-0.2, 0) is 4.79 Å². The standard InChI is InChI=1S/C21H21NO3/c1-24-19-7-3-15(4-8-19)11-17-13-22-14-18(21(17)23)12-16-5-9-20(25-2)10-6-16/h3-12,22H,13-14H2,1-2H3. The first-order valence-electron chi connectivity index (χ1n) is 8.14. The van der Waals surface area contributed by atoms with Crippen LogP contribution in [-0.4, -0.2) is 33.1 Å². The molecule has 2 aromatic rings. The molecule has 0 bridgehead atoms. The van der Waals surface area contributed by atoms with Gasteiger partial charge in [-0.05, 0) is 47.5 Å². The van der Waals surface area contributed by atoms with E-state index in [0.717, 1.165) is 33.8 Å². The summed E-state index contributed by atoms with van der Waals surface area (Å²) in [7, 11) is 3.27. The van der Waals surface area contributed by atoms with E-state index in [4.69, 9.17) is 9.47 Å². The molecule has 0 spiro atoms. The Morgan fingerprint density at radius 2 is 1.16 bits per heavy atom. The molecule has 25 heavy (non-hydrogen) atoms. The van der Waals surface area contributed by atoms with Crippen molar-refractivity contribution in [2.45, 2.75) is 0 Å². The molecule has 3 rings (SSSR count). The summed E-state index contributed by atoms with van der Waals surface area (Å²) >= 11 is 0. The van der Waals surface area contributed by atoms with Gasteiger partial charge in [0.15, 0.2) is 5.78 Å². The Kier molecular flexibility index (Phi) is 5.31. The highest BCUT2D eigenvalue weighted by molar-refractivity contribution is 6.14. The summed E-state index contributed by atoms with van der Waals surface area (Å²) in [6.45, 7) is 1.15. The largest absolute Gasteiger partial charge is 0.497 e. The highest BCUT2D eigenvalue weighted by Gasteiger charge is 2.20. The third-order valence-corrected chi connectivity index (χ3v) is 4.13. The number of ether oxygens (including phenoxy) is 2. The Morgan fingerprint density at radius 3 is 1.52 bits per heavy atom. The summed E-state index contributed by atoms with van der Waals surface area (Å²) < 4.78 is 10.3. The van der Waals surface area contributed by atoms with Crippen LogP contribution in [0.15, 0.2) is 59.7 Å². The Balaban J connectivity index is 1.81. The average molecular weight is 335 g/mol. The first-order chi connectivity index (χ1) is 12.2. The normalized spacial score (nSPS) is 17.8. The Hall–Kier alpha value is -2.85. The summed E-state index contributed by atoms with van der Waals surface area (Å²) in [6.07, 6.45) is 3.85. The lowest BCUT2D eigenvalue weighted by atomic mass is 9.95. The maximum absolute atomic E-state index is 12.8. The van der Waals surface area contributed by atoms with Crippen LogP contribution in [0.1, 0.15) is 11.1 Å². The molecule has 1 aliphatic heterocycles. The van der Waals surface area contributed by atoms with Crippen molar-refractivity contribution in [3.63, 3.8) is 0 Å². The zero-order chi connectivity index (χ0) is 17.6. The van der Waals surface area contributed by atoms with Gasteiger partial charge in [-0.1, -0.05) is 24.3 Å². The summed E-state index contributed by atoms with van der Waals surface area (Å²) in [6, 6.07) is 15.3. The first kappa shape index (κ1) is 17.0. The number of methoxy groups -OCH3 is 2. The molecular weight excluding hydrogens is 314 g/mol. The molecule has 0 unspecified atom stereocenters. The molecule has 1 heterocycles. The second-order valence-electron chi connectivity index (χ2n) is 5.82. The van der Waals surface area contributed by atoms with Gasteiger partial charge >= 0.3 is 0 Å². The number of Topliss-reactive ketones (excluding diaryl/α,β-unsaturated/α-hetero) is 1. The van der Waals surface area contributed by atoms with Crippen molar-refractivity contribution in [2.24, 2.45) is 0 Å². The second-order valence-corrected chi connectivity index (χ2v) is 5.82. The van der Waals surface area contributed by atoms with Gasteiger partial charge in [-0.15, -0.1) is 0 Å². The zero-order valence-electron chi connectivity index (χ0n) is 14.4. The quantitative estimate of drug-likeness (QED) is 0.871. The summed E-state index contributed by atoms with van der Waals surface area (Å²) in [5.74, 6) is 1.69. The number of nitrogens with one attached hydrogen (secondary N) is 1. The van der Waals surface area contributed by atoms with Crippen LogP contribution in [0.25, 0.3) is 12.2 Å².